The predicted octanol–water partition coefficient (Wildman–Crippen LogP) is 4.36. The number of halogens is 1. The number of anilines is 1. The summed E-state index contributed by atoms with van der Waals surface area (Å²) in [4.78, 5) is 39.5. The number of rotatable bonds is 7. The van der Waals surface area contributed by atoms with Gasteiger partial charge in [-0.05, 0) is 73.7 Å². The Morgan fingerprint density at radius 2 is 1.68 bits per heavy atom. The Morgan fingerprint density at radius 1 is 1.03 bits per heavy atom. The Balaban J connectivity index is 1.60. The summed E-state index contributed by atoms with van der Waals surface area (Å²) in [6, 6.07) is 12.9. The zero-order valence-electron chi connectivity index (χ0n) is 17.9. The van der Waals surface area contributed by atoms with Crippen LogP contribution >= 0.6 is 11.6 Å². The first kappa shape index (κ1) is 22.8. The number of hydrogen-bond donors (Lipinski definition) is 2. The minimum Gasteiger partial charge on any atom is -0.354 e. The topological polar surface area (TPSA) is 78.5 Å². The second-order valence-electron chi connectivity index (χ2n) is 8.17. The molecule has 1 heterocycles. The number of benzene rings is 2. The van der Waals surface area contributed by atoms with Gasteiger partial charge in [0.1, 0.15) is 6.04 Å². The van der Waals surface area contributed by atoms with Crippen molar-refractivity contribution in [1.29, 1.82) is 0 Å². The van der Waals surface area contributed by atoms with Crippen molar-refractivity contribution in [1.82, 2.24) is 10.2 Å². The van der Waals surface area contributed by atoms with E-state index in [0.29, 0.717) is 47.3 Å². The fourth-order valence-corrected chi connectivity index (χ4v) is 3.68. The van der Waals surface area contributed by atoms with Gasteiger partial charge < -0.3 is 15.5 Å². The first-order chi connectivity index (χ1) is 14.8. The van der Waals surface area contributed by atoms with Gasteiger partial charge in [0.05, 0.1) is 0 Å². The predicted molar refractivity (Wildman–Crippen MR) is 122 cm³/mol. The molecule has 0 aromatic heterocycles. The van der Waals surface area contributed by atoms with Gasteiger partial charge in [0, 0.05) is 34.9 Å². The van der Waals surface area contributed by atoms with Crippen molar-refractivity contribution in [3.05, 3.63) is 64.7 Å². The minimum absolute atomic E-state index is 0.0849. The molecule has 6 nitrogen and oxygen atoms in total. The molecule has 2 aromatic carbocycles. The average molecular weight is 442 g/mol. The highest BCUT2D eigenvalue weighted by atomic mass is 35.5. The van der Waals surface area contributed by atoms with Crippen LogP contribution in [0.5, 0.6) is 0 Å². The molecule has 1 fully saturated rings. The summed E-state index contributed by atoms with van der Waals surface area (Å²) in [5.74, 6) is 0.00386. The maximum absolute atomic E-state index is 13.0. The smallest absolute Gasteiger partial charge is 0.255 e. The first-order valence-corrected chi connectivity index (χ1v) is 11.0. The molecule has 2 aromatic rings. The van der Waals surface area contributed by atoms with Crippen LogP contribution in [0.25, 0.3) is 0 Å². The molecular formula is C24H28ClN3O3. The maximum Gasteiger partial charge on any atom is 0.255 e. The Kier molecular flexibility index (Phi) is 7.69. The van der Waals surface area contributed by atoms with Crippen molar-refractivity contribution >= 4 is 35.0 Å². The molecule has 0 unspecified atom stereocenters. The van der Waals surface area contributed by atoms with E-state index < -0.39 is 6.04 Å². The van der Waals surface area contributed by atoms with Gasteiger partial charge >= 0.3 is 0 Å². The SMILES string of the molecule is CC(C)CCNC(=O)[C@@H]1CCCN1C(=O)c1ccc(NC(=O)c2ccc(Cl)cc2)cc1. The van der Waals surface area contributed by atoms with E-state index in [1.54, 1.807) is 53.4 Å². The van der Waals surface area contributed by atoms with Gasteiger partial charge in [0.25, 0.3) is 11.8 Å². The number of nitrogens with one attached hydrogen (secondary N) is 2. The molecule has 2 N–H and O–H groups in total. The second-order valence-corrected chi connectivity index (χ2v) is 8.60. The Hall–Kier alpha value is -2.86. The Labute approximate surface area is 188 Å². The number of carbonyl (C=O) groups is 3. The van der Waals surface area contributed by atoms with Crippen LogP contribution in [0, 0.1) is 5.92 Å². The fourth-order valence-electron chi connectivity index (χ4n) is 3.55. The highest BCUT2D eigenvalue weighted by Gasteiger charge is 2.34. The van der Waals surface area contributed by atoms with Crippen LogP contribution in [0.1, 0.15) is 53.8 Å². The summed E-state index contributed by atoms with van der Waals surface area (Å²) < 4.78 is 0. The summed E-state index contributed by atoms with van der Waals surface area (Å²) in [6.45, 7) is 5.41. The third-order valence-corrected chi connectivity index (χ3v) is 5.59. The van der Waals surface area contributed by atoms with Gasteiger partial charge in [-0.3, -0.25) is 14.4 Å². The minimum atomic E-state index is -0.427. The van der Waals surface area contributed by atoms with E-state index in [1.165, 1.54) is 0 Å². The average Bonchev–Trinajstić information content (AvgIpc) is 3.24. The molecular weight excluding hydrogens is 414 g/mol. The van der Waals surface area contributed by atoms with E-state index >= 15 is 0 Å². The van der Waals surface area contributed by atoms with Crippen LogP contribution in [-0.4, -0.2) is 41.8 Å². The van der Waals surface area contributed by atoms with Gasteiger partial charge in [-0.15, -0.1) is 0 Å². The lowest BCUT2D eigenvalue weighted by Gasteiger charge is -2.24. The Morgan fingerprint density at radius 3 is 2.32 bits per heavy atom. The molecule has 1 aliphatic rings. The van der Waals surface area contributed by atoms with Crippen molar-refractivity contribution in [2.24, 2.45) is 5.92 Å². The van der Waals surface area contributed by atoms with Crippen molar-refractivity contribution < 1.29 is 14.4 Å². The molecule has 3 rings (SSSR count). The molecule has 1 saturated heterocycles. The molecule has 0 bridgehead atoms. The van der Waals surface area contributed by atoms with Crippen molar-refractivity contribution in [2.45, 2.75) is 39.2 Å². The van der Waals surface area contributed by atoms with Crippen LogP contribution < -0.4 is 10.6 Å². The molecule has 164 valence electrons. The van der Waals surface area contributed by atoms with Gasteiger partial charge in [-0.2, -0.15) is 0 Å². The highest BCUT2D eigenvalue weighted by Crippen LogP contribution is 2.22. The van der Waals surface area contributed by atoms with Gasteiger partial charge in [-0.1, -0.05) is 25.4 Å². The third-order valence-electron chi connectivity index (χ3n) is 5.33. The normalized spacial score (nSPS) is 15.7. The van der Waals surface area contributed by atoms with Crippen LogP contribution in [0.2, 0.25) is 5.02 Å². The molecule has 1 atom stereocenters. The molecule has 0 saturated carbocycles. The van der Waals surface area contributed by atoms with Gasteiger partial charge in [0.2, 0.25) is 5.91 Å². The van der Waals surface area contributed by atoms with Crippen molar-refractivity contribution in [3.8, 4) is 0 Å². The third kappa shape index (κ3) is 6.07. The summed E-state index contributed by atoms with van der Waals surface area (Å²) in [7, 11) is 0. The fraction of sp³-hybridized carbons (Fsp3) is 0.375. The molecule has 31 heavy (non-hydrogen) atoms. The summed E-state index contributed by atoms with van der Waals surface area (Å²) >= 11 is 5.85. The first-order valence-electron chi connectivity index (χ1n) is 10.6. The standard InChI is InChI=1S/C24H28ClN3O3/c1-16(2)13-14-26-23(30)21-4-3-15-28(21)24(31)18-7-11-20(12-8-18)27-22(29)17-5-9-19(25)10-6-17/h5-12,16,21H,3-4,13-15H2,1-2H3,(H,26,30)(H,27,29)/t21-/m0/s1. The number of carbonyl (C=O) groups excluding carboxylic acids is 3. The van der Waals surface area contributed by atoms with Crippen LogP contribution in [0.15, 0.2) is 48.5 Å². The number of hydrogen-bond acceptors (Lipinski definition) is 3. The van der Waals surface area contributed by atoms with E-state index in [2.05, 4.69) is 24.5 Å². The lowest BCUT2D eigenvalue weighted by molar-refractivity contribution is -0.124. The largest absolute Gasteiger partial charge is 0.354 e. The number of likely N-dealkylation sites (tertiary alicyclic amines) is 1. The molecule has 3 amide bonds. The molecule has 0 aliphatic carbocycles. The summed E-state index contributed by atoms with van der Waals surface area (Å²) in [5, 5.41) is 6.32. The van der Waals surface area contributed by atoms with Gasteiger partial charge in [0.15, 0.2) is 0 Å². The number of nitrogens with zero attached hydrogens (tertiary/aromatic N) is 1. The quantitative estimate of drug-likeness (QED) is 0.670. The second kappa shape index (κ2) is 10.4. The zero-order valence-corrected chi connectivity index (χ0v) is 18.6. The molecule has 7 heteroatoms. The van der Waals surface area contributed by atoms with E-state index in [9.17, 15) is 14.4 Å². The molecule has 0 spiro atoms. The maximum atomic E-state index is 13.0. The van der Waals surface area contributed by atoms with Crippen molar-refractivity contribution in [2.75, 3.05) is 18.4 Å². The van der Waals surface area contributed by atoms with E-state index in [0.717, 1.165) is 12.8 Å². The van der Waals surface area contributed by atoms with E-state index in [-0.39, 0.29) is 17.7 Å². The van der Waals surface area contributed by atoms with Crippen LogP contribution in [0.3, 0.4) is 0 Å². The zero-order chi connectivity index (χ0) is 22.4. The molecule has 1 aliphatic heterocycles. The monoisotopic (exact) mass is 441 g/mol. The summed E-state index contributed by atoms with van der Waals surface area (Å²) in [6.07, 6.45) is 2.40. The molecule has 0 radical (unpaired) electrons. The highest BCUT2D eigenvalue weighted by molar-refractivity contribution is 6.30. The van der Waals surface area contributed by atoms with Crippen LogP contribution in [0.4, 0.5) is 5.69 Å². The van der Waals surface area contributed by atoms with E-state index in [4.69, 9.17) is 11.6 Å². The van der Waals surface area contributed by atoms with E-state index in [1.807, 2.05) is 0 Å². The summed E-state index contributed by atoms with van der Waals surface area (Å²) in [5.41, 5.74) is 1.57. The Bertz CT molecular complexity index is 926. The van der Waals surface area contributed by atoms with Crippen molar-refractivity contribution in [3.63, 3.8) is 0 Å². The number of amides is 3. The van der Waals surface area contributed by atoms with Gasteiger partial charge in [-0.25, -0.2) is 0 Å². The van der Waals surface area contributed by atoms with Crippen LogP contribution in [-0.2, 0) is 4.79 Å². The lowest BCUT2D eigenvalue weighted by atomic mass is 10.1. The lowest BCUT2D eigenvalue weighted by Crippen LogP contribution is -2.46.